The van der Waals surface area contributed by atoms with Crippen LogP contribution in [0.5, 0.6) is 0 Å². The lowest BCUT2D eigenvalue weighted by atomic mass is 10.1. The van der Waals surface area contributed by atoms with E-state index >= 15 is 0 Å². The number of rotatable bonds is 5. The molecule has 1 aromatic carbocycles. The summed E-state index contributed by atoms with van der Waals surface area (Å²) in [5.74, 6) is 0. The molecule has 0 saturated carbocycles. The fourth-order valence-corrected chi connectivity index (χ4v) is 2.18. The van der Waals surface area contributed by atoms with Gasteiger partial charge in [-0.1, -0.05) is 6.07 Å². The van der Waals surface area contributed by atoms with Crippen LogP contribution in [0.4, 0.5) is 16.2 Å². The van der Waals surface area contributed by atoms with Gasteiger partial charge in [0.25, 0.3) is 0 Å². The third-order valence-corrected chi connectivity index (χ3v) is 3.44. The fraction of sp³-hybridized carbons (Fsp3) is 0.375. The van der Waals surface area contributed by atoms with E-state index in [0.29, 0.717) is 6.61 Å². The number of amides is 1. The minimum Gasteiger partial charge on any atom is -0.450 e. The van der Waals surface area contributed by atoms with E-state index in [2.05, 4.69) is 22.7 Å². The van der Waals surface area contributed by atoms with E-state index in [1.807, 2.05) is 44.6 Å². The van der Waals surface area contributed by atoms with Gasteiger partial charge in [0, 0.05) is 30.2 Å². The highest BCUT2D eigenvalue weighted by Gasteiger charge is 2.12. The molecule has 0 spiro atoms. The van der Waals surface area contributed by atoms with Crippen molar-refractivity contribution in [3.8, 4) is 0 Å². The van der Waals surface area contributed by atoms with Crippen LogP contribution in [0, 0.1) is 6.92 Å². The van der Waals surface area contributed by atoms with Crippen LogP contribution in [0.3, 0.4) is 0 Å². The Labute approximate surface area is 130 Å². The van der Waals surface area contributed by atoms with Gasteiger partial charge >= 0.3 is 6.09 Å². The number of carbonyl (C=O) groups is 1. The molecule has 0 aliphatic carbocycles. The van der Waals surface area contributed by atoms with Gasteiger partial charge in [-0.3, -0.25) is 10.00 Å². The SMILES string of the molecule is CCOC(=O)Nc1cccc(NC(C)c2cnn(C)c2)c1C. The molecule has 1 unspecified atom stereocenters. The molecular formula is C16H22N4O2. The second-order valence-corrected chi connectivity index (χ2v) is 5.14. The van der Waals surface area contributed by atoms with Crippen molar-refractivity contribution in [1.29, 1.82) is 0 Å². The Hall–Kier alpha value is -2.50. The van der Waals surface area contributed by atoms with Crippen LogP contribution in [0.15, 0.2) is 30.6 Å². The molecule has 0 aliphatic heterocycles. The van der Waals surface area contributed by atoms with Gasteiger partial charge in [0.15, 0.2) is 0 Å². The number of benzene rings is 1. The van der Waals surface area contributed by atoms with Gasteiger partial charge in [-0.2, -0.15) is 5.10 Å². The minimum atomic E-state index is -0.442. The summed E-state index contributed by atoms with van der Waals surface area (Å²) in [5.41, 5.74) is 3.77. The molecular weight excluding hydrogens is 280 g/mol. The summed E-state index contributed by atoms with van der Waals surface area (Å²) in [6.45, 7) is 6.16. The Morgan fingerprint density at radius 1 is 1.41 bits per heavy atom. The van der Waals surface area contributed by atoms with Gasteiger partial charge in [0.2, 0.25) is 0 Å². The smallest absolute Gasteiger partial charge is 0.411 e. The molecule has 22 heavy (non-hydrogen) atoms. The van der Waals surface area contributed by atoms with Crippen LogP contribution in [-0.2, 0) is 11.8 Å². The molecule has 6 heteroatoms. The number of aryl methyl sites for hydroxylation is 1. The summed E-state index contributed by atoms with van der Waals surface area (Å²) in [6, 6.07) is 5.85. The maximum absolute atomic E-state index is 11.6. The molecule has 1 heterocycles. The summed E-state index contributed by atoms with van der Waals surface area (Å²) in [6.07, 6.45) is 3.38. The number of carbonyl (C=O) groups excluding carboxylic acids is 1. The number of anilines is 2. The molecule has 2 rings (SSSR count). The highest BCUT2D eigenvalue weighted by Crippen LogP contribution is 2.27. The Morgan fingerprint density at radius 2 is 2.14 bits per heavy atom. The van der Waals surface area contributed by atoms with Gasteiger partial charge in [-0.25, -0.2) is 4.79 Å². The predicted molar refractivity (Wildman–Crippen MR) is 87.1 cm³/mol. The lowest BCUT2D eigenvalue weighted by Gasteiger charge is -2.18. The van der Waals surface area contributed by atoms with Gasteiger partial charge in [0.1, 0.15) is 0 Å². The Morgan fingerprint density at radius 3 is 2.77 bits per heavy atom. The molecule has 0 radical (unpaired) electrons. The van der Waals surface area contributed by atoms with Crippen LogP contribution in [0.25, 0.3) is 0 Å². The maximum atomic E-state index is 11.6. The number of hydrogen-bond donors (Lipinski definition) is 2. The summed E-state index contributed by atoms with van der Waals surface area (Å²) in [4.78, 5) is 11.6. The summed E-state index contributed by atoms with van der Waals surface area (Å²) >= 11 is 0. The highest BCUT2D eigenvalue weighted by molar-refractivity contribution is 5.87. The second kappa shape index (κ2) is 6.98. The number of hydrogen-bond acceptors (Lipinski definition) is 4. The molecule has 118 valence electrons. The first-order valence-corrected chi connectivity index (χ1v) is 7.29. The molecule has 1 atom stereocenters. The van der Waals surface area contributed by atoms with E-state index in [0.717, 1.165) is 22.5 Å². The van der Waals surface area contributed by atoms with Crippen LogP contribution < -0.4 is 10.6 Å². The van der Waals surface area contributed by atoms with Crippen molar-refractivity contribution in [2.24, 2.45) is 7.05 Å². The third kappa shape index (κ3) is 3.78. The van der Waals surface area contributed by atoms with E-state index in [-0.39, 0.29) is 6.04 Å². The third-order valence-electron chi connectivity index (χ3n) is 3.44. The minimum absolute atomic E-state index is 0.116. The van der Waals surface area contributed by atoms with Gasteiger partial charge in [-0.15, -0.1) is 0 Å². The monoisotopic (exact) mass is 302 g/mol. The number of nitrogens with one attached hydrogen (secondary N) is 2. The second-order valence-electron chi connectivity index (χ2n) is 5.14. The van der Waals surface area contributed by atoms with Gasteiger partial charge in [0.05, 0.1) is 18.8 Å². The van der Waals surface area contributed by atoms with Gasteiger partial charge < -0.3 is 10.1 Å². The maximum Gasteiger partial charge on any atom is 0.411 e. The number of nitrogens with zero attached hydrogens (tertiary/aromatic N) is 2. The topological polar surface area (TPSA) is 68.2 Å². The zero-order valence-electron chi connectivity index (χ0n) is 13.4. The Kier molecular flexibility index (Phi) is 5.04. The molecule has 2 N–H and O–H groups in total. The van der Waals surface area contributed by atoms with Crippen molar-refractivity contribution in [1.82, 2.24) is 9.78 Å². The van der Waals surface area contributed by atoms with E-state index in [4.69, 9.17) is 4.74 Å². The molecule has 0 bridgehead atoms. The quantitative estimate of drug-likeness (QED) is 0.887. The van der Waals surface area contributed by atoms with E-state index in [9.17, 15) is 4.79 Å². The number of ether oxygens (including phenoxy) is 1. The Balaban J connectivity index is 2.13. The summed E-state index contributed by atoms with van der Waals surface area (Å²) in [7, 11) is 1.89. The molecule has 1 amide bonds. The molecule has 0 saturated heterocycles. The first-order valence-electron chi connectivity index (χ1n) is 7.29. The van der Waals surface area contributed by atoms with Crippen molar-refractivity contribution >= 4 is 17.5 Å². The predicted octanol–water partition coefficient (Wildman–Crippen LogP) is 3.47. The number of aromatic nitrogens is 2. The fourth-order valence-electron chi connectivity index (χ4n) is 2.18. The molecule has 0 fully saturated rings. The lowest BCUT2D eigenvalue weighted by Crippen LogP contribution is -2.15. The molecule has 0 aliphatic rings. The van der Waals surface area contributed by atoms with E-state index in [1.54, 1.807) is 11.6 Å². The van der Waals surface area contributed by atoms with Crippen molar-refractivity contribution in [2.45, 2.75) is 26.8 Å². The average Bonchev–Trinajstić information content (AvgIpc) is 2.90. The van der Waals surface area contributed by atoms with Crippen molar-refractivity contribution in [2.75, 3.05) is 17.2 Å². The van der Waals surface area contributed by atoms with Crippen molar-refractivity contribution < 1.29 is 9.53 Å². The first kappa shape index (κ1) is 15.9. The lowest BCUT2D eigenvalue weighted by molar-refractivity contribution is 0.168. The van der Waals surface area contributed by atoms with Gasteiger partial charge in [-0.05, 0) is 38.5 Å². The van der Waals surface area contributed by atoms with Crippen LogP contribution >= 0.6 is 0 Å². The normalized spacial score (nSPS) is 11.8. The largest absolute Gasteiger partial charge is 0.450 e. The average molecular weight is 302 g/mol. The van der Waals surface area contributed by atoms with Crippen molar-refractivity contribution in [3.05, 3.63) is 41.7 Å². The van der Waals surface area contributed by atoms with E-state index in [1.165, 1.54) is 0 Å². The standard InChI is InChI=1S/C16H22N4O2/c1-5-22-16(21)19-15-8-6-7-14(11(15)2)18-12(3)13-9-17-20(4)10-13/h6-10,12,18H,5H2,1-4H3,(H,19,21). The van der Waals surface area contributed by atoms with Crippen molar-refractivity contribution in [3.63, 3.8) is 0 Å². The molecule has 1 aromatic heterocycles. The van der Waals surface area contributed by atoms with E-state index < -0.39 is 6.09 Å². The zero-order chi connectivity index (χ0) is 16.1. The first-order chi connectivity index (χ1) is 10.5. The Bertz CT molecular complexity index is 651. The molecule has 2 aromatic rings. The summed E-state index contributed by atoms with van der Waals surface area (Å²) < 4.78 is 6.69. The highest BCUT2D eigenvalue weighted by atomic mass is 16.5. The zero-order valence-corrected chi connectivity index (χ0v) is 13.4. The van der Waals surface area contributed by atoms with Crippen LogP contribution in [0.1, 0.15) is 31.0 Å². The summed E-state index contributed by atoms with van der Waals surface area (Å²) in [5, 5.41) is 10.4. The van der Waals surface area contributed by atoms with Crippen LogP contribution in [-0.4, -0.2) is 22.5 Å². The molecule has 6 nitrogen and oxygen atoms in total. The van der Waals surface area contributed by atoms with Crippen LogP contribution in [0.2, 0.25) is 0 Å².